The molecule has 0 amide bonds. The molecule has 2 aromatic carbocycles. The van der Waals surface area contributed by atoms with E-state index in [1.54, 1.807) is 18.3 Å². The zero-order valence-corrected chi connectivity index (χ0v) is 11.2. The van der Waals surface area contributed by atoms with E-state index in [0.717, 1.165) is 16.7 Å². The molecule has 0 fully saturated rings. The van der Waals surface area contributed by atoms with Crippen LogP contribution < -0.4 is 0 Å². The summed E-state index contributed by atoms with van der Waals surface area (Å²) in [6, 6.07) is 9.75. The van der Waals surface area contributed by atoms with Crippen LogP contribution in [0, 0.1) is 24.0 Å². The highest BCUT2D eigenvalue weighted by atomic mass is 16.6. The highest BCUT2D eigenvalue weighted by Crippen LogP contribution is 2.23. The first-order chi connectivity index (χ1) is 9.47. The Morgan fingerprint density at radius 1 is 1.20 bits per heavy atom. The van der Waals surface area contributed by atoms with Gasteiger partial charge in [-0.05, 0) is 48.7 Å². The minimum atomic E-state index is -0.451. The summed E-state index contributed by atoms with van der Waals surface area (Å²) in [6.07, 6.45) is 1.62. The first kappa shape index (κ1) is 13.7. The molecule has 0 saturated heterocycles. The molecule has 5 heteroatoms. The predicted molar refractivity (Wildman–Crippen MR) is 77.9 cm³/mol. The van der Waals surface area contributed by atoms with Crippen molar-refractivity contribution in [2.75, 3.05) is 0 Å². The molecule has 102 valence electrons. The van der Waals surface area contributed by atoms with E-state index in [9.17, 15) is 15.2 Å². The van der Waals surface area contributed by atoms with E-state index < -0.39 is 4.92 Å². The summed E-state index contributed by atoms with van der Waals surface area (Å²) in [5, 5.41) is 20.4. The number of hydrogen-bond acceptors (Lipinski definition) is 4. The predicted octanol–water partition coefficient (Wildman–Crippen LogP) is 3.67. The molecule has 5 nitrogen and oxygen atoms in total. The first-order valence-corrected chi connectivity index (χ1v) is 6.06. The molecular weight excluding hydrogens is 256 g/mol. The van der Waals surface area contributed by atoms with Crippen molar-refractivity contribution < 1.29 is 10.0 Å². The number of phenolic OH excluding ortho intramolecular Hbond substituents is 1. The molecule has 0 saturated carbocycles. The van der Waals surface area contributed by atoms with E-state index in [1.807, 2.05) is 26.0 Å². The highest BCUT2D eigenvalue weighted by molar-refractivity contribution is 5.83. The SMILES string of the molecule is Cc1cc(C=Nc2cccc([N+](=O)[O-])c2)cc(C)c1O. The summed E-state index contributed by atoms with van der Waals surface area (Å²) in [5.41, 5.74) is 2.90. The van der Waals surface area contributed by atoms with Gasteiger partial charge in [0.15, 0.2) is 0 Å². The van der Waals surface area contributed by atoms with E-state index in [2.05, 4.69) is 4.99 Å². The van der Waals surface area contributed by atoms with Gasteiger partial charge in [-0.2, -0.15) is 0 Å². The van der Waals surface area contributed by atoms with Crippen molar-refractivity contribution in [2.24, 2.45) is 4.99 Å². The molecule has 0 atom stereocenters. The Hall–Kier alpha value is -2.69. The van der Waals surface area contributed by atoms with Crippen molar-refractivity contribution in [2.45, 2.75) is 13.8 Å². The zero-order valence-electron chi connectivity index (χ0n) is 11.2. The quantitative estimate of drug-likeness (QED) is 0.525. The summed E-state index contributed by atoms with van der Waals surface area (Å²) in [4.78, 5) is 14.4. The lowest BCUT2D eigenvalue weighted by Gasteiger charge is -2.04. The second-order valence-corrected chi connectivity index (χ2v) is 4.54. The van der Waals surface area contributed by atoms with E-state index in [0.29, 0.717) is 5.69 Å². The molecule has 0 unspecified atom stereocenters. The second kappa shape index (κ2) is 5.52. The Morgan fingerprint density at radius 2 is 1.85 bits per heavy atom. The fourth-order valence-electron chi connectivity index (χ4n) is 1.90. The number of non-ortho nitro benzene ring substituents is 1. The molecule has 1 N–H and O–H groups in total. The van der Waals surface area contributed by atoms with Gasteiger partial charge in [-0.25, -0.2) is 0 Å². The van der Waals surface area contributed by atoms with Gasteiger partial charge in [0.1, 0.15) is 5.75 Å². The van der Waals surface area contributed by atoms with Crippen LogP contribution in [0.4, 0.5) is 11.4 Å². The number of benzene rings is 2. The van der Waals surface area contributed by atoms with E-state index >= 15 is 0 Å². The maximum atomic E-state index is 10.7. The number of aromatic hydroxyl groups is 1. The van der Waals surface area contributed by atoms with E-state index in [-0.39, 0.29) is 11.4 Å². The van der Waals surface area contributed by atoms with Crippen LogP contribution in [-0.4, -0.2) is 16.2 Å². The Balaban J connectivity index is 2.30. The molecule has 0 radical (unpaired) electrons. The number of rotatable bonds is 3. The third-order valence-corrected chi connectivity index (χ3v) is 2.92. The van der Waals surface area contributed by atoms with E-state index in [1.165, 1.54) is 12.1 Å². The number of aliphatic imine (C=N–C) groups is 1. The van der Waals surface area contributed by atoms with Crippen molar-refractivity contribution >= 4 is 17.6 Å². The summed E-state index contributed by atoms with van der Waals surface area (Å²) >= 11 is 0. The normalized spacial score (nSPS) is 10.9. The Kier molecular flexibility index (Phi) is 3.79. The third-order valence-electron chi connectivity index (χ3n) is 2.92. The molecule has 0 bridgehead atoms. The molecule has 2 rings (SSSR count). The molecule has 0 aliphatic carbocycles. The largest absolute Gasteiger partial charge is 0.507 e. The van der Waals surface area contributed by atoms with Crippen molar-refractivity contribution in [1.82, 2.24) is 0 Å². The van der Waals surface area contributed by atoms with Gasteiger partial charge in [-0.15, -0.1) is 0 Å². The topological polar surface area (TPSA) is 75.7 Å². The van der Waals surface area contributed by atoms with Crippen LogP contribution in [0.1, 0.15) is 16.7 Å². The molecule has 0 heterocycles. The smallest absolute Gasteiger partial charge is 0.271 e. The van der Waals surface area contributed by atoms with Crippen molar-refractivity contribution in [3.05, 3.63) is 63.2 Å². The van der Waals surface area contributed by atoms with Crippen LogP contribution in [0.3, 0.4) is 0 Å². The van der Waals surface area contributed by atoms with Gasteiger partial charge in [0, 0.05) is 18.3 Å². The van der Waals surface area contributed by atoms with Crippen LogP contribution in [-0.2, 0) is 0 Å². The standard InChI is InChI=1S/C15H14N2O3/c1-10-6-12(7-11(2)15(10)18)9-16-13-4-3-5-14(8-13)17(19)20/h3-9,18H,1-2H3. The monoisotopic (exact) mass is 270 g/mol. The number of nitro benzene ring substituents is 1. The van der Waals surface area contributed by atoms with Crippen LogP contribution >= 0.6 is 0 Å². The molecule has 0 aromatic heterocycles. The van der Waals surface area contributed by atoms with Gasteiger partial charge in [0.2, 0.25) is 0 Å². The second-order valence-electron chi connectivity index (χ2n) is 4.54. The lowest BCUT2D eigenvalue weighted by molar-refractivity contribution is -0.384. The fourth-order valence-corrected chi connectivity index (χ4v) is 1.90. The summed E-state index contributed by atoms with van der Waals surface area (Å²) in [6.45, 7) is 3.63. The van der Waals surface area contributed by atoms with Gasteiger partial charge in [0.25, 0.3) is 5.69 Å². The number of nitro groups is 1. The van der Waals surface area contributed by atoms with Gasteiger partial charge < -0.3 is 5.11 Å². The van der Waals surface area contributed by atoms with Gasteiger partial charge in [-0.1, -0.05) is 6.07 Å². The molecule has 2 aromatic rings. The van der Waals surface area contributed by atoms with Crippen LogP contribution in [0.5, 0.6) is 5.75 Å². The summed E-state index contributed by atoms with van der Waals surface area (Å²) in [5.74, 6) is 0.275. The van der Waals surface area contributed by atoms with Crippen molar-refractivity contribution in [1.29, 1.82) is 0 Å². The fraction of sp³-hybridized carbons (Fsp3) is 0.133. The summed E-state index contributed by atoms with van der Waals surface area (Å²) in [7, 11) is 0. The number of hydrogen-bond donors (Lipinski definition) is 1. The minimum absolute atomic E-state index is 0.0118. The molecule has 0 spiro atoms. The zero-order chi connectivity index (χ0) is 14.7. The molecule has 20 heavy (non-hydrogen) atoms. The van der Waals surface area contributed by atoms with Crippen LogP contribution in [0.2, 0.25) is 0 Å². The average Bonchev–Trinajstić information content (AvgIpc) is 2.42. The first-order valence-electron chi connectivity index (χ1n) is 6.06. The van der Waals surface area contributed by atoms with Crippen molar-refractivity contribution in [3.8, 4) is 5.75 Å². The molecular formula is C15H14N2O3. The Bertz CT molecular complexity index is 670. The molecule has 0 aliphatic heterocycles. The maximum Gasteiger partial charge on any atom is 0.271 e. The number of phenols is 1. The van der Waals surface area contributed by atoms with Gasteiger partial charge in [0.05, 0.1) is 10.6 Å². The minimum Gasteiger partial charge on any atom is -0.507 e. The van der Waals surface area contributed by atoms with Gasteiger partial charge >= 0.3 is 0 Å². The number of nitrogens with zero attached hydrogens (tertiary/aromatic N) is 2. The van der Waals surface area contributed by atoms with Crippen molar-refractivity contribution in [3.63, 3.8) is 0 Å². The maximum absolute atomic E-state index is 10.7. The van der Waals surface area contributed by atoms with Crippen LogP contribution in [0.15, 0.2) is 41.4 Å². The molecule has 0 aliphatic rings. The Morgan fingerprint density at radius 3 is 2.45 bits per heavy atom. The summed E-state index contributed by atoms with van der Waals surface area (Å²) < 4.78 is 0. The number of aryl methyl sites for hydroxylation is 2. The van der Waals surface area contributed by atoms with Crippen LogP contribution in [0.25, 0.3) is 0 Å². The lowest BCUT2D eigenvalue weighted by atomic mass is 10.1. The van der Waals surface area contributed by atoms with Gasteiger partial charge in [-0.3, -0.25) is 15.1 Å². The lowest BCUT2D eigenvalue weighted by Crippen LogP contribution is -1.88. The highest BCUT2D eigenvalue weighted by Gasteiger charge is 2.05. The third kappa shape index (κ3) is 3.00. The van der Waals surface area contributed by atoms with E-state index in [4.69, 9.17) is 0 Å². The average molecular weight is 270 g/mol. The Labute approximate surface area is 116 Å².